The van der Waals surface area contributed by atoms with Crippen LogP contribution in [-0.4, -0.2) is 43.8 Å². The largest absolute Gasteiger partial charge is 0.494 e. The maximum absolute atomic E-state index is 12.1. The highest BCUT2D eigenvalue weighted by Crippen LogP contribution is 2.13. The lowest BCUT2D eigenvalue weighted by Gasteiger charge is -2.15. The van der Waals surface area contributed by atoms with Crippen molar-refractivity contribution in [2.45, 2.75) is 18.9 Å². The zero-order chi connectivity index (χ0) is 21.8. The molecule has 1 atom stereocenters. The number of hydroxylamine groups is 1. The van der Waals surface area contributed by atoms with Crippen LogP contribution in [0.2, 0.25) is 0 Å². The molecule has 0 saturated carbocycles. The number of nitrogens with one attached hydrogen (secondary N) is 2. The Morgan fingerprint density at radius 2 is 1.77 bits per heavy atom. The van der Waals surface area contributed by atoms with Crippen molar-refractivity contribution in [3.05, 3.63) is 71.8 Å². The molecule has 0 aromatic heterocycles. The molecular weight excluding hydrogens is 408 g/mol. The molecule has 2 aromatic carbocycles. The van der Waals surface area contributed by atoms with E-state index >= 15 is 0 Å². The number of benzene rings is 2. The van der Waals surface area contributed by atoms with Gasteiger partial charge in [-0.3, -0.25) is 14.8 Å². The van der Waals surface area contributed by atoms with Crippen molar-refractivity contribution in [3.63, 3.8) is 0 Å². The van der Waals surface area contributed by atoms with Crippen LogP contribution in [0.5, 0.6) is 5.75 Å². The van der Waals surface area contributed by atoms with Crippen molar-refractivity contribution in [1.82, 2.24) is 10.8 Å². The molecule has 0 radical (unpaired) electrons. The van der Waals surface area contributed by atoms with Gasteiger partial charge in [-0.05, 0) is 48.7 Å². The van der Waals surface area contributed by atoms with Crippen LogP contribution in [0.1, 0.15) is 28.8 Å². The first-order chi connectivity index (χ1) is 14.5. The van der Waals surface area contributed by atoms with E-state index < -0.39 is 22.7 Å². The molecule has 30 heavy (non-hydrogen) atoms. The van der Waals surface area contributed by atoms with Gasteiger partial charge in [-0.15, -0.1) is 0 Å². The third-order valence-electron chi connectivity index (χ3n) is 4.13. The highest BCUT2D eigenvalue weighted by atomic mass is 32.2. The van der Waals surface area contributed by atoms with Crippen LogP contribution in [0.3, 0.4) is 0 Å². The summed E-state index contributed by atoms with van der Waals surface area (Å²) in [5.41, 5.74) is 2.70. The molecule has 0 bridgehead atoms. The maximum Gasteiger partial charge on any atom is 0.274 e. The topological polar surface area (TPSA) is 122 Å². The summed E-state index contributed by atoms with van der Waals surface area (Å²) in [5, 5.41) is 11.3. The monoisotopic (exact) mass is 432 g/mol. The van der Waals surface area contributed by atoms with Crippen LogP contribution in [0.4, 0.5) is 0 Å². The van der Waals surface area contributed by atoms with Crippen molar-refractivity contribution in [2.24, 2.45) is 0 Å². The van der Waals surface area contributed by atoms with E-state index in [4.69, 9.17) is 9.94 Å². The second-order valence-electron chi connectivity index (χ2n) is 6.42. The summed E-state index contributed by atoms with van der Waals surface area (Å²) < 4.78 is 27.8. The first-order valence-corrected chi connectivity index (χ1v) is 10.7. The summed E-state index contributed by atoms with van der Waals surface area (Å²) in [6.45, 7) is 0.313. The second kappa shape index (κ2) is 12.4. The van der Waals surface area contributed by atoms with E-state index in [1.54, 1.807) is 23.7 Å². The minimum Gasteiger partial charge on any atom is -0.494 e. The van der Waals surface area contributed by atoms with Crippen molar-refractivity contribution in [3.8, 4) is 5.75 Å². The molecule has 0 saturated heterocycles. The number of rotatable bonds is 11. The van der Waals surface area contributed by atoms with E-state index in [2.05, 4.69) is 5.32 Å². The van der Waals surface area contributed by atoms with Gasteiger partial charge in [0.25, 0.3) is 5.91 Å². The van der Waals surface area contributed by atoms with E-state index in [0.29, 0.717) is 25.2 Å². The Balaban J connectivity index is 1.80. The molecule has 0 aliphatic heterocycles. The van der Waals surface area contributed by atoms with E-state index in [0.717, 1.165) is 5.56 Å². The predicted molar refractivity (Wildman–Crippen MR) is 113 cm³/mol. The van der Waals surface area contributed by atoms with Crippen LogP contribution in [0.25, 0.3) is 6.08 Å². The number of hydrogen-bond acceptors (Lipinski definition) is 6. The van der Waals surface area contributed by atoms with Crippen molar-refractivity contribution in [2.75, 3.05) is 12.4 Å². The molecule has 9 heteroatoms. The smallest absolute Gasteiger partial charge is 0.274 e. The minimum absolute atomic E-state index is 0.148. The lowest BCUT2D eigenvalue weighted by atomic mass is 10.1. The lowest BCUT2D eigenvalue weighted by Crippen LogP contribution is -2.37. The SMILES string of the molecule is O=C(/C=C/c1ccccc1)N[C@H](CCCOc1ccc(C(=O)NO)cc1)C[SH](=O)=O. The normalized spacial score (nSPS) is 11.9. The van der Waals surface area contributed by atoms with Crippen LogP contribution in [0, 0.1) is 0 Å². The summed E-state index contributed by atoms with van der Waals surface area (Å²) in [6, 6.07) is 15.0. The summed E-state index contributed by atoms with van der Waals surface area (Å²) in [7, 11) is -2.64. The Bertz CT molecular complexity index is 918. The summed E-state index contributed by atoms with van der Waals surface area (Å²) in [4.78, 5) is 23.4. The molecule has 3 N–H and O–H groups in total. The molecular formula is C21H24N2O6S. The molecule has 0 fully saturated rings. The summed E-state index contributed by atoms with van der Waals surface area (Å²) >= 11 is 0. The van der Waals surface area contributed by atoms with E-state index in [-0.39, 0.29) is 17.2 Å². The third kappa shape index (κ3) is 8.46. The lowest BCUT2D eigenvalue weighted by molar-refractivity contribution is -0.117. The fourth-order valence-corrected chi connectivity index (χ4v) is 3.29. The molecule has 0 aliphatic carbocycles. The number of carbonyl (C=O) groups is 2. The van der Waals surface area contributed by atoms with Gasteiger partial charge in [0, 0.05) is 17.7 Å². The van der Waals surface area contributed by atoms with Crippen molar-refractivity contribution in [1.29, 1.82) is 0 Å². The van der Waals surface area contributed by atoms with Gasteiger partial charge in [0.15, 0.2) is 0 Å². The van der Waals surface area contributed by atoms with Crippen LogP contribution in [-0.2, 0) is 15.5 Å². The van der Waals surface area contributed by atoms with Gasteiger partial charge in [-0.2, -0.15) is 0 Å². The van der Waals surface area contributed by atoms with Crippen LogP contribution >= 0.6 is 0 Å². The maximum atomic E-state index is 12.1. The summed E-state index contributed by atoms with van der Waals surface area (Å²) in [5.74, 6) is -0.594. The average molecular weight is 432 g/mol. The Morgan fingerprint density at radius 3 is 2.40 bits per heavy atom. The standard InChI is InChI=1S/C21H24N2O6S/c24-20(13-8-16-5-2-1-3-6-16)22-18(15-30(27)28)7-4-14-29-19-11-9-17(10-12-19)21(25)23-26/h1-3,5-6,8-13,18,26,30H,4,7,14-15H2,(H,22,24)(H,23,25)/b13-8+/t18-/m1/s1. The van der Waals surface area contributed by atoms with Gasteiger partial charge in [0.2, 0.25) is 5.91 Å². The molecule has 0 heterocycles. The highest BCUT2D eigenvalue weighted by Gasteiger charge is 2.12. The summed E-state index contributed by atoms with van der Waals surface area (Å²) in [6.07, 6.45) is 3.99. The Morgan fingerprint density at radius 1 is 1.07 bits per heavy atom. The second-order valence-corrected chi connectivity index (χ2v) is 7.45. The average Bonchev–Trinajstić information content (AvgIpc) is 2.75. The van der Waals surface area contributed by atoms with Gasteiger partial charge in [0.05, 0.1) is 12.4 Å². The Labute approximate surface area is 176 Å². The van der Waals surface area contributed by atoms with E-state index in [9.17, 15) is 18.0 Å². The number of thiol groups is 1. The Kier molecular flexibility index (Phi) is 9.56. The van der Waals surface area contributed by atoms with Gasteiger partial charge in [0.1, 0.15) is 16.5 Å². The zero-order valence-corrected chi connectivity index (χ0v) is 17.1. The first kappa shape index (κ1) is 23.1. The van der Waals surface area contributed by atoms with Gasteiger partial charge in [-0.1, -0.05) is 30.3 Å². The molecule has 8 nitrogen and oxygen atoms in total. The zero-order valence-electron chi connectivity index (χ0n) is 16.2. The highest BCUT2D eigenvalue weighted by molar-refractivity contribution is 7.72. The molecule has 0 unspecified atom stereocenters. The fraction of sp³-hybridized carbons (Fsp3) is 0.238. The van der Waals surface area contributed by atoms with Crippen molar-refractivity contribution < 1.29 is 28.0 Å². The first-order valence-electron chi connectivity index (χ1n) is 9.30. The molecule has 2 amide bonds. The van der Waals surface area contributed by atoms with Gasteiger partial charge >= 0.3 is 0 Å². The number of hydrogen-bond donors (Lipinski definition) is 4. The molecule has 2 rings (SSSR count). The number of amides is 2. The molecule has 2 aromatic rings. The van der Waals surface area contributed by atoms with Gasteiger partial charge in [-0.25, -0.2) is 13.9 Å². The van der Waals surface area contributed by atoms with Crippen molar-refractivity contribution >= 4 is 28.6 Å². The predicted octanol–water partition coefficient (Wildman–Crippen LogP) is 1.77. The molecule has 160 valence electrons. The quantitative estimate of drug-likeness (QED) is 0.141. The van der Waals surface area contributed by atoms with Crippen LogP contribution < -0.4 is 15.5 Å². The fourth-order valence-electron chi connectivity index (χ4n) is 2.66. The third-order valence-corrected chi connectivity index (χ3v) is 4.87. The molecule has 0 aliphatic rings. The minimum atomic E-state index is -2.64. The van der Waals surface area contributed by atoms with E-state index in [1.807, 2.05) is 30.3 Å². The Hall–Kier alpha value is -3.17. The van der Waals surface area contributed by atoms with Gasteiger partial charge < -0.3 is 10.1 Å². The van der Waals surface area contributed by atoms with Crippen LogP contribution in [0.15, 0.2) is 60.7 Å². The molecule has 0 spiro atoms. The number of ether oxygens (including phenoxy) is 1. The number of carbonyl (C=O) groups excluding carboxylic acids is 2. The van der Waals surface area contributed by atoms with E-state index in [1.165, 1.54) is 18.2 Å².